The van der Waals surface area contributed by atoms with Gasteiger partial charge >= 0.3 is 6.03 Å². The van der Waals surface area contributed by atoms with Gasteiger partial charge < -0.3 is 29.9 Å². The van der Waals surface area contributed by atoms with Crippen molar-refractivity contribution >= 4 is 29.0 Å². The minimum absolute atomic E-state index is 0.223. The second kappa shape index (κ2) is 10.9. The van der Waals surface area contributed by atoms with Crippen molar-refractivity contribution in [1.29, 1.82) is 0 Å². The van der Waals surface area contributed by atoms with Crippen LogP contribution in [0.25, 0.3) is 11.4 Å². The van der Waals surface area contributed by atoms with Gasteiger partial charge in [0.1, 0.15) is 11.6 Å². The van der Waals surface area contributed by atoms with Crippen LogP contribution in [0.3, 0.4) is 0 Å². The van der Waals surface area contributed by atoms with E-state index in [1.54, 1.807) is 24.5 Å². The van der Waals surface area contributed by atoms with Crippen LogP contribution >= 0.6 is 0 Å². The zero-order chi connectivity index (χ0) is 24.9. The molecule has 10 nitrogen and oxygen atoms in total. The van der Waals surface area contributed by atoms with Crippen molar-refractivity contribution in [2.24, 2.45) is 0 Å². The van der Waals surface area contributed by atoms with Gasteiger partial charge in [-0.05, 0) is 50.2 Å². The van der Waals surface area contributed by atoms with Gasteiger partial charge in [-0.15, -0.1) is 0 Å². The van der Waals surface area contributed by atoms with E-state index in [9.17, 15) is 4.79 Å². The Morgan fingerprint density at radius 2 is 1.50 bits per heavy atom. The van der Waals surface area contributed by atoms with Crippen LogP contribution in [0.1, 0.15) is 13.8 Å². The molecule has 2 aliphatic heterocycles. The van der Waals surface area contributed by atoms with Gasteiger partial charge in [-0.25, -0.2) is 14.8 Å². The molecular weight excluding hydrogens is 458 g/mol. The lowest BCUT2D eigenvalue weighted by Crippen LogP contribution is -2.45. The molecule has 10 heteroatoms. The fraction of sp³-hybridized carbons (Fsp3) is 0.385. The maximum Gasteiger partial charge on any atom is 0.323 e. The van der Waals surface area contributed by atoms with Gasteiger partial charge in [0.15, 0.2) is 5.82 Å². The lowest BCUT2D eigenvalue weighted by molar-refractivity contribution is 0.0978. The van der Waals surface area contributed by atoms with E-state index in [1.165, 1.54) is 0 Å². The number of morpholine rings is 2. The number of aromatic nitrogens is 3. The number of ether oxygens (including phenoxy) is 2. The molecular formula is C26H31N7O3. The molecule has 5 rings (SSSR count). The molecule has 0 bridgehead atoms. The molecule has 2 N–H and O–H groups in total. The minimum Gasteiger partial charge on any atom is -0.377 e. The van der Waals surface area contributed by atoms with E-state index < -0.39 is 0 Å². The number of carbonyl (C=O) groups is 1. The van der Waals surface area contributed by atoms with Gasteiger partial charge in [0.2, 0.25) is 0 Å². The first-order valence-corrected chi connectivity index (χ1v) is 12.2. The highest BCUT2D eigenvalue weighted by molar-refractivity contribution is 5.99. The molecule has 2 fully saturated rings. The summed E-state index contributed by atoms with van der Waals surface area (Å²) in [5.74, 6) is 2.43. The Balaban J connectivity index is 1.39. The van der Waals surface area contributed by atoms with E-state index in [-0.39, 0.29) is 18.1 Å². The molecule has 0 unspecified atom stereocenters. The monoisotopic (exact) mass is 489 g/mol. The molecule has 0 aliphatic carbocycles. The third-order valence-corrected chi connectivity index (χ3v) is 6.34. The largest absolute Gasteiger partial charge is 0.377 e. The Morgan fingerprint density at radius 1 is 0.889 bits per heavy atom. The van der Waals surface area contributed by atoms with Crippen LogP contribution < -0.4 is 20.4 Å². The summed E-state index contributed by atoms with van der Waals surface area (Å²) in [6, 6.07) is 13.3. The van der Waals surface area contributed by atoms with Crippen LogP contribution in [0.15, 0.2) is 54.9 Å². The first-order chi connectivity index (χ1) is 17.6. The Kier molecular flexibility index (Phi) is 7.24. The van der Waals surface area contributed by atoms with E-state index in [1.807, 2.05) is 24.3 Å². The second-order valence-corrected chi connectivity index (χ2v) is 9.04. The van der Waals surface area contributed by atoms with E-state index >= 15 is 0 Å². The highest BCUT2D eigenvalue weighted by Crippen LogP contribution is 2.29. The number of nitrogens with one attached hydrogen (secondary N) is 2. The van der Waals surface area contributed by atoms with Crippen molar-refractivity contribution < 1.29 is 14.3 Å². The summed E-state index contributed by atoms with van der Waals surface area (Å²) in [5.41, 5.74) is 2.16. The maximum atomic E-state index is 12.3. The Morgan fingerprint density at radius 3 is 2.06 bits per heavy atom. The van der Waals surface area contributed by atoms with Crippen LogP contribution in [-0.2, 0) is 9.47 Å². The maximum absolute atomic E-state index is 12.3. The van der Waals surface area contributed by atoms with Crippen LogP contribution in [0.2, 0.25) is 0 Å². The number of nitrogens with zero attached hydrogens (tertiary/aromatic N) is 5. The molecule has 2 atom stereocenters. The third kappa shape index (κ3) is 5.55. The highest BCUT2D eigenvalue weighted by Gasteiger charge is 2.25. The van der Waals surface area contributed by atoms with E-state index in [0.717, 1.165) is 30.3 Å². The molecule has 2 saturated heterocycles. The van der Waals surface area contributed by atoms with Crippen molar-refractivity contribution in [3.63, 3.8) is 0 Å². The molecule has 3 aromatic rings. The molecule has 0 saturated carbocycles. The quantitative estimate of drug-likeness (QED) is 0.560. The van der Waals surface area contributed by atoms with Gasteiger partial charge in [0.25, 0.3) is 0 Å². The number of pyridine rings is 1. The smallest absolute Gasteiger partial charge is 0.323 e. The number of rotatable bonds is 5. The summed E-state index contributed by atoms with van der Waals surface area (Å²) >= 11 is 0. The Labute approximate surface area is 210 Å². The topological polar surface area (TPSA) is 105 Å². The average molecular weight is 490 g/mol. The Hall–Kier alpha value is -3.76. The number of hydrogen-bond acceptors (Lipinski definition) is 8. The zero-order valence-corrected chi connectivity index (χ0v) is 20.6. The van der Waals surface area contributed by atoms with Gasteiger partial charge in [-0.3, -0.25) is 4.98 Å². The van der Waals surface area contributed by atoms with Crippen molar-refractivity contribution in [2.75, 3.05) is 60.0 Å². The van der Waals surface area contributed by atoms with Gasteiger partial charge in [0.05, 0.1) is 50.4 Å². The number of urea groups is 1. The number of benzene rings is 1. The first-order valence-electron chi connectivity index (χ1n) is 12.2. The summed E-state index contributed by atoms with van der Waals surface area (Å²) in [5, 5.41) is 5.61. The van der Waals surface area contributed by atoms with E-state index in [2.05, 4.69) is 45.3 Å². The standard InChI is InChI=1S/C26H31N7O3/c1-18-16-35-12-10-32(18)23-14-24(33-11-13-36-17-19(33)2)31-25(30-23)20-5-7-21(8-6-20)28-26(34)29-22-4-3-9-27-15-22/h3-9,14-15,18-19H,10-13,16-17H2,1-2H3,(H2,28,29,34)/t18-,19-/m1/s1. The highest BCUT2D eigenvalue weighted by atomic mass is 16.5. The second-order valence-electron chi connectivity index (χ2n) is 9.04. The molecule has 0 radical (unpaired) electrons. The third-order valence-electron chi connectivity index (χ3n) is 6.34. The minimum atomic E-state index is -0.334. The predicted molar refractivity (Wildman–Crippen MR) is 140 cm³/mol. The van der Waals surface area contributed by atoms with E-state index in [4.69, 9.17) is 19.4 Å². The normalized spacial score (nSPS) is 20.2. The van der Waals surface area contributed by atoms with Gasteiger partial charge in [-0.2, -0.15) is 0 Å². The molecule has 4 heterocycles. The van der Waals surface area contributed by atoms with Crippen molar-refractivity contribution in [3.8, 4) is 11.4 Å². The number of anilines is 4. The molecule has 2 amide bonds. The fourth-order valence-corrected chi connectivity index (χ4v) is 4.41. The number of amides is 2. The van der Waals surface area contributed by atoms with E-state index in [0.29, 0.717) is 43.6 Å². The summed E-state index contributed by atoms with van der Waals surface area (Å²) in [7, 11) is 0. The molecule has 1 aromatic carbocycles. The summed E-state index contributed by atoms with van der Waals surface area (Å²) in [6.45, 7) is 8.55. The molecule has 188 valence electrons. The average Bonchev–Trinajstić information content (AvgIpc) is 2.90. The first kappa shape index (κ1) is 24.0. The summed E-state index contributed by atoms with van der Waals surface area (Å²) in [4.78, 5) is 30.8. The SMILES string of the molecule is C[C@@H]1COCCN1c1cc(N2CCOC[C@H]2C)nc(-c2ccc(NC(=O)Nc3cccnc3)cc2)n1. The van der Waals surface area contributed by atoms with Crippen molar-refractivity contribution in [1.82, 2.24) is 15.0 Å². The summed E-state index contributed by atoms with van der Waals surface area (Å²) < 4.78 is 11.3. The predicted octanol–water partition coefficient (Wildman–Crippen LogP) is 3.63. The number of carbonyl (C=O) groups excluding carboxylic acids is 1. The van der Waals surface area contributed by atoms with Crippen LogP contribution in [0, 0.1) is 0 Å². The van der Waals surface area contributed by atoms with Gasteiger partial charge in [-0.1, -0.05) is 0 Å². The zero-order valence-electron chi connectivity index (χ0n) is 20.6. The summed E-state index contributed by atoms with van der Waals surface area (Å²) in [6.07, 6.45) is 3.25. The molecule has 0 spiro atoms. The molecule has 2 aliphatic rings. The van der Waals surface area contributed by atoms with Crippen LogP contribution in [0.4, 0.5) is 27.8 Å². The van der Waals surface area contributed by atoms with Crippen molar-refractivity contribution in [3.05, 3.63) is 54.9 Å². The Bertz CT molecular complexity index is 1140. The number of hydrogen-bond donors (Lipinski definition) is 2. The molecule has 2 aromatic heterocycles. The van der Waals surface area contributed by atoms with Crippen LogP contribution in [0.5, 0.6) is 0 Å². The lowest BCUT2D eigenvalue weighted by Gasteiger charge is -2.37. The lowest BCUT2D eigenvalue weighted by atomic mass is 10.1. The molecule has 36 heavy (non-hydrogen) atoms. The van der Waals surface area contributed by atoms with Crippen LogP contribution in [-0.4, -0.2) is 72.6 Å². The fourth-order valence-electron chi connectivity index (χ4n) is 4.41. The van der Waals surface area contributed by atoms with Gasteiger partial charge in [0, 0.05) is 36.6 Å². The van der Waals surface area contributed by atoms with Crippen molar-refractivity contribution in [2.45, 2.75) is 25.9 Å².